The lowest BCUT2D eigenvalue weighted by molar-refractivity contribution is 0.372. The van der Waals surface area contributed by atoms with Crippen molar-refractivity contribution in [3.63, 3.8) is 0 Å². The van der Waals surface area contributed by atoms with Crippen LogP contribution in [0.2, 0.25) is 0 Å². The lowest BCUT2D eigenvalue weighted by Crippen LogP contribution is -1.84. The summed E-state index contributed by atoms with van der Waals surface area (Å²) in [6.45, 7) is 0. The van der Waals surface area contributed by atoms with Crippen molar-refractivity contribution in [3.8, 4) is 10.1 Å². The van der Waals surface area contributed by atoms with Crippen LogP contribution in [0.4, 0.5) is 0 Å². The highest BCUT2D eigenvalue weighted by Gasteiger charge is 2.02. The topological polar surface area (TPSA) is 18.5 Å². The Hall–Kier alpha value is 0.220. The molecule has 1 heterocycles. The minimum absolute atomic E-state index is 0.858. The van der Waals surface area contributed by atoms with Crippen LogP contribution in [0.5, 0.6) is 10.1 Å². The molecule has 0 aromatic carbocycles. The number of hydrogen-bond acceptors (Lipinski definition) is 6. The van der Waals surface area contributed by atoms with Crippen molar-refractivity contribution in [1.82, 2.24) is 0 Å². The van der Waals surface area contributed by atoms with Crippen LogP contribution in [0, 0.1) is 0 Å². The molecule has 6 heteroatoms. The van der Waals surface area contributed by atoms with Gasteiger partial charge in [-0.3, -0.25) is 0 Å². The summed E-state index contributed by atoms with van der Waals surface area (Å²) in [7, 11) is 9.84. The molecule has 10 heavy (non-hydrogen) atoms. The van der Waals surface area contributed by atoms with Crippen LogP contribution in [0.15, 0.2) is 0 Å². The summed E-state index contributed by atoms with van der Waals surface area (Å²) in [5.41, 5.74) is 0. The maximum atomic E-state index is 5.06. The number of rotatable bonds is 2. The molecule has 0 unspecified atom stereocenters. The van der Waals surface area contributed by atoms with Gasteiger partial charge in [-0.25, -0.2) is 0 Å². The summed E-state index contributed by atoms with van der Waals surface area (Å²) in [6.07, 6.45) is 0. The molecule has 0 saturated heterocycles. The predicted octanol–water partition coefficient (Wildman–Crippen LogP) is 3.07. The molecule has 0 saturated carbocycles. The van der Waals surface area contributed by atoms with E-state index >= 15 is 0 Å². The minimum Gasteiger partial charge on any atom is -0.483 e. The van der Waals surface area contributed by atoms with Crippen LogP contribution in [0.3, 0.4) is 0 Å². The Morgan fingerprint density at radius 1 is 0.900 bits per heavy atom. The molecule has 58 valence electrons. The fourth-order valence-corrected chi connectivity index (χ4v) is 6.09. The molecule has 0 aliphatic carbocycles. The Morgan fingerprint density at radius 2 is 1.30 bits per heavy atom. The van der Waals surface area contributed by atoms with Crippen molar-refractivity contribution in [1.29, 1.82) is 0 Å². The molecule has 1 aromatic heterocycles. The smallest absolute Gasteiger partial charge is 0.239 e. The van der Waals surface area contributed by atoms with Gasteiger partial charge in [0, 0.05) is 0 Å². The van der Waals surface area contributed by atoms with E-state index in [1.165, 1.54) is 0 Å². The van der Waals surface area contributed by atoms with Gasteiger partial charge in [0.2, 0.25) is 10.1 Å². The van der Waals surface area contributed by atoms with Crippen LogP contribution in [0.25, 0.3) is 0 Å². The highest BCUT2D eigenvalue weighted by molar-refractivity contribution is 8.08. The summed E-state index contributed by atoms with van der Waals surface area (Å²) in [4.78, 5) is 0. The number of methoxy groups -OCH3 is 2. The summed E-state index contributed by atoms with van der Waals surface area (Å²) in [5.74, 6) is 0. The van der Waals surface area contributed by atoms with E-state index in [1.807, 2.05) is 0 Å². The van der Waals surface area contributed by atoms with Crippen molar-refractivity contribution in [3.05, 3.63) is 0 Å². The van der Waals surface area contributed by atoms with Crippen molar-refractivity contribution in [2.45, 2.75) is 0 Å². The number of ether oxygens (including phenoxy) is 2. The fourth-order valence-electron chi connectivity index (χ4n) is 0.392. The normalized spacial score (nSPS) is 9.00. The van der Waals surface area contributed by atoms with E-state index < -0.39 is 0 Å². The van der Waals surface area contributed by atoms with E-state index in [4.69, 9.17) is 9.47 Å². The standard InChI is InChI=1S/C4H6O2S4/c1-5-3-4(6-2)8-10-9-7-3/h1-2H3. The average molecular weight is 214 g/mol. The second kappa shape index (κ2) is 4.17. The maximum absolute atomic E-state index is 5.06. The lowest BCUT2D eigenvalue weighted by atomic mass is 10.9. The van der Waals surface area contributed by atoms with E-state index in [0.717, 1.165) is 10.1 Å². The van der Waals surface area contributed by atoms with Crippen molar-refractivity contribution in [2.75, 3.05) is 14.2 Å². The summed E-state index contributed by atoms with van der Waals surface area (Å²) < 4.78 is 10.1. The largest absolute Gasteiger partial charge is 0.483 e. The second-order valence-corrected chi connectivity index (χ2v) is 6.90. The zero-order valence-corrected chi connectivity index (χ0v) is 8.72. The van der Waals surface area contributed by atoms with E-state index in [0.29, 0.717) is 0 Å². The van der Waals surface area contributed by atoms with Crippen LogP contribution in [-0.4, -0.2) is 14.2 Å². The zero-order chi connectivity index (χ0) is 7.40. The van der Waals surface area contributed by atoms with Gasteiger partial charge in [0.05, 0.1) is 14.2 Å². The Labute approximate surface area is 73.1 Å². The fraction of sp³-hybridized carbons (Fsp3) is 0.500. The first kappa shape index (κ1) is 8.32. The molecule has 0 fully saturated rings. The van der Waals surface area contributed by atoms with Crippen LogP contribution in [-0.2, 0) is 0 Å². The first-order valence-corrected chi connectivity index (χ1v) is 7.20. The van der Waals surface area contributed by atoms with Crippen LogP contribution in [0.1, 0.15) is 0 Å². The van der Waals surface area contributed by atoms with Crippen molar-refractivity contribution in [2.24, 2.45) is 0 Å². The van der Waals surface area contributed by atoms with Gasteiger partial charge in [-0.2, -0.15) is 0 Å². The van der Waals surface area contributed by atoms with Gasteiger partial charge in [-0.1, -0.05) is 0 Å². The van der Waals surface area contributed by atoms with Gasteiger partial charge in [-0.15, -0.1) is 0 Å². The molecule has 0 atom stereocenters. The highest BCUT2D eigenvalue weighted by atomic mass is 33.4. The summed E-state index contributed by atoms with van der Waals surface area (Å²) in [5, 5.41) is 1.72. The van der Waals surface area contributed by atoms with E-state index in [-0.39, 0.29) is 0 Å². The highest BCUT2D eigenvalue weighted by Crippen LogP contribution is 2.40. The van der Waals surface area contributed by atoms with E-state index in [1.54, 1.807) is 53.6 Å². The molecule has 1 rings (SSSR count). The third kappa shape index (κ3) is 1.85. The molecule has 0 aliphatic rings. The van der Waals surface area contributed by atoms with Gasteiger partial charge in [0.25, 0.3) is 0 Å². The first-order chi connectivity index (χ1) is 4.88. The van der Waals surface area contributed by atoms with E-state index in [2.05, 4.69) is 0 Å². The maximum Gasteiger partial charge on any atom is 0.239 e. The monoisotopic (exact) mass is 214 g/mol. The van der Waals surface area contributed by atoms with Gasteiger partial charge in [-0.05, 0) is 39.4 Å². The molecule has 0 amide bonds. The lowest BCUT2D eigenvalue weighted by Gasteiger charge is -2.01. The van der Waals surface area contributed by atoms with Gasteiger partial charge in [0.1, 0.15) is 0 Å². The molecular weight excluding hydrogens is 208 g/mol. The minimum atomic E-state index is 0.858. The Morgan fingerprint density at radius 3 is 1.60 bits per heavy atom. The molecule has 0 aliphatic heterocycles. The number of hydrogen-bond donors (Lipinski definition) is 0. The third-order valence-corrected chi connectivity index (χ3v) is 6.82. The Balaban J connectivity index is 2.96. The van der Waals surface area contributed by atoms with Gasteiger partial charge in [0.15, 0.2) is 0 Å². The molecule has 0 spiro atoms. The SMILES string of the molecule is COc1ssssc1OC. The molecule has 1 aromatic rings. The molecular formula is C4H6O2S4. The summed E-state index contributed by atoms with van der Waals surface area (Å²) >= 11 is 0. The van der Waals surface area contributed by atoms with Gasteiger partial charge < -0.3 is 9.47 Å². The van der Waals surface area contributed by atoms with Crippen molar-refractivity contribution < 1.29 is 9.47 Å². The zero-order valence-electron chi connectivity index (χ0n) is 5.45. The van der Waals surface area contributed by atoms with E-state index in [9.17, 15) is 0 Å². The Bertz CT molecular complexity index is 193. The predicted molar refractivity (Wildman–Crippen MR) is 48.7 cm³/mol. The van der Waals surface area contributed by atoms with Crippen LogP contribution >= 0.6 is 39.4 Å². The second-order valence-electron chi connectivity index (χ2n) is 1.29. The Kier molecular flexibility index (Phi) is 3.47. The summed E-state index contributed by atoms with van der Waals surface area (Å²) in [6, 6.07) is 0. The van der Waals surface area contributed by atoms with Crippen molar-refractivity contribution >= 4 is 39.4 Å². The average Bonchev–Trinajstić information content (AvgIpc) is 2.04. The molecule has 0 radical (unpaired) electrons. The first-order valence-electron chi connectivity index (χ1n) is 2.38. The quantitative estimate of drug-likeness (QED) is 0.704. The third-order valence-electron chi connectivity index (χ3n) is 0.785. The van der Waals surface area contributed by atoms with Gasteiger partial charge >= 0.3 is 0 Å². The molecule has 2 nitrogen and oxygen atoms in total. The molecule has 0 N–H and O–H groups in total. The van der Waals surface area contributed by atoms with Crippen LogP contribution < -0.4 is 9.47 Å². The molecule has 0 bridgehead atoms.